The van der Waals surface area contributed by atoms with E-state index >= 15 is 0 Å². The number of anilines is 1. The van der Waals surface area contributed by atoms with Gasteiger partial charge in [0.2, 0.25) is 10.0 Å². The molecule has 2 aromatic carbocycles. The number of rotatable bonds is 4. The van der Waals surface area contributed by atoms with Gasteiger partial charge in [0.25, 0.3) is 5.91 Å². The summed E-state index contributed by atoms with van der Waals surface area (Å²) in [5, 5.41) is 2.68. The number of morpholine rings is 1. The van der Waals surface area contributed by atoms with E-state index in [1.54, 1.807) is 0 Å². The summed E-state index contributed by atoms with van der Waals surface area (Å²) in [7, 11) is -3.69. The Kier molecular flexibility index (Phi) is 5.57. The van der Waals surface area contributed by atoms with Crippen LogP contribution in [0.25, 0.3) is 0 Å². The minimum Gasteiger partial charge on any atom is -0.379 e. The molecule has 0 bridgehead atoms. The van der Waals surface area contributed by atoms with Crippen LogP contribution in [0.4, 0.5) is 10.1 Å². The Morgan fingerprint density at radius 3 is 2.58 bits per heavy atom. The second-order valence-corrected chi connectivity index (χ2v) is 8.00. The Bertz CT molecular complexity index is 930. The van der Waals surface area contributed by atoms with Crippen molar-refractivity contribution in [1.29, 1.82) is 0 Å². The Morgan fingerprint density at radius 1 is 1.15 bits per heavy atom. The van der Waals surface area contributed by atoms with Crippen LogP contribution < -0.4 is 5.32 Å². The molecule has 0 radical (unpaired) electrons. The van der Waals surface area contributed by atoms with Crippen molar-refractivity contribution in [2.75, 3.05) is 31.6 Å². The summed E-state index contributed by atoms with van der Waals surface area (Å²) in [5.74, 6) is -1.45. The van der Waals surface area contributed by atoms with Gasteiger partial charge in [0.05, 0.1) is 23.7 Å². The van der Waals surface area contributed by atoms with Crippen LogP contribution in [-0.4, -0.2) is 44.9 Å². The van der Waals surface area contributed by atoms with Crippen molar-refractivity contribution in [3.63, 3.8) is 0 Å². The van der Waals surface area contributed by atoms with Crippen LogP contribution in [0.3, 0.4) is 0 Å². The Balaban J connectivity index is 1.82. The molecule has 0 spiro atoms. The molecule has 9 heteroatoms. The highest BCUT2D eigenvalue weighted by Gasteiger charge is 2.26. The minimum absolute atomic E-state index is 0.0498. The van der Waals surface area contributed by atoms with Crippen LogP contribution in [0, 0.1) is 5.82 Å². The molecule has 0 unspecified atom stereocenters. The molecule has 1 aliphatic rings. The zero-order chi connectivity index (χ0) is 18.7. The molecular weight excluding hydrogens is 383 g/mol. The summed E-state index contributed by atoms with van der Waals surface area (Å²) in [4.78, 5) is 12.3. The third kappa shape index (κ3) is 4.04. The maximum absolute atomic E-state index is 13.9. The number of nitrogens with one attached hydrogen (secondary N) is 1. The molecular formula is C17H16ClFN2O4S. The normalized spacial score (nSPS) is 15.6. The number of halogens is 2. The second-order valence-electron chi connectivity index (χ2n) is 5.62. The summed E-state index contributed by atoms with van der Waals surface area (Å²) in [6.07, 6.45) is 0. The van der Waals surface area contributed by atoms with Gasteiger partial charge in [0, 0.05) is 23.8 Å². The third-order valence-corrected chi connectivity index (χ3v) is 6.01. The second kappa shape index (κ2) is 7.71. The highest BCUT2D eigenvalue weighted by molar-refractivity contribution is 7.89. The Labute approximate surface area is 155 Å². The van der Waals surface area contributed by atoms with E-state index in [-0.39, 0.29) is 34.3 Å². The number of sulfonamides is 1. The van der Waals surface area contributed by atoms with Gasteiger partial charge >= 0.3 is 0 Å². The van der Waals surface area contributed by atoms with E-state index in [1.165, 1.54) is 40.7 Å². The van der Waals surface area contributed by atoms with Crippen molar-refractivity contribution in [3.8, 4) is 0 Å². The fourth-order valence-electron chi connectivity index (χ4n) is 2.54. The number of benzene rings is 2. The van der Waals surface area contributed by atoms with E-state index in [1.807, 2.05) is 0 Å². The van der Waals surface area contributed by atoms with Gasteiger partial charge in [-0.05, 0) is 36.4 Å². The number of amides is 1. The molecule has 0 atom stereocenters. The van der Waals surface area contributed by atoms with Crippen molar-refractivity contribution >= 4 is 33.2 Å². The van der Waals surface area contributed by atoms with Crippen LogP contribution in [0.1, 0.15) is 10.4 Å². The molecule has 1 aliphatic heterocycles. The predicted octanol–water partition coefficient (Wildman–Crippen LogP) is 2.75. The maximum atomic E-state index is 13.9. The predicted molar refractivity (Wildman–Crippen MR) is 95.4 cm³/mol. The number of carbonyl (C=O) groups is 1. The lowest BCUT2D eigenvalue weighted by Crippen LogP contribution is -2.40. The molecule has 1 saturated heterocycles. The molecule has 2 aromatic rings. The van der Waals surface area contributed by atoms with Crippen molar-refractivity contribution in [3.05, 3.63) is 58.9 Å². The van der Waals surface area contributed by atoms with Gasteiger partial charge in [-0.2, -0.15) is 4.31 Å². The van der Waals surface area contributed by atoms with Gasteiger partial charge in [0.1, 0.15) is 5.82 Å². The topological polar surface area (TPSA) is 75.7 Å². The first kappa shape index (κ1) is 18.8. The summed E-state index contributed by atoms with van der Waals surface area (Å²) < 4.78 is 45.7. The fourth-order valence-corrected chi connectivity index (χ4v) is 4.16. The molecule has 1 N–H and O–H groups in total. The van der Waals surface area contributed by atoms with Gasteiger partial charge in [-0.1, -0.05) is 17.7 Å². The van der Waals surface area contributed by atoms with Crippen LogP contribution in [0.5, 0.6) is 0 Å². The number of carbonyl (C=O) groups excluding carboxylic acids is 1. The quantitative estimate of drug-likeness (QED) is 0.859. The van der Waals surface area contributed by atoms with E-state index in [9.17, 15) is 17.6 Å². The standard InChI is InChI=1S/C17H16ClFN2O4S/c18-12-4-5-15(16(19)10-12)17(22)20-13-2-1-3-14(11-13)26(23,24)21-6-8-25-9-7-21/h1-5,10-11H,6-9H2,(H,20,22). The van der Waals surface area contributed by atoms with Gasteiger partial charge < -0.3 is 10.1 Å². The van der Waals surface area contributed by atoms with Crippen molar-refractivity contribution < 1.29 is 22.3 Å². The summed E-state index contributed by atoms with van der Waals surface area (Å²) >= 11 is 5.67. The molecule has 0 aromatic heterocycles. The zero-order valence-corrected chi connectivity index (χ0v) is 15.2. The van der Waals surface area contributed by atoms with E-state index in [2.05, 4.69) is 5.32 Å². The Hall–Kier alpha value is -2.00. The largest absolute Gasteiger partial charge is 0.379 e. The molecule has 0 saturated carbocycles. The lowest BCUT2D eigenvalue weighted by Gasteiger charge is -2.26. The van der Waals surface area contributed by atoms with Gasteiger partial charge in [0.15, 0.2) is 0 Å². The van der Waals surface area contributed by atoms with Crippen molar-refractivity contribution in [2.45, 2.75) is 4.90 Å². The molecule has 138 valence electrons. The highest BCUT2D eigenvalue weighted by atomic mass is 35.5. The van der Waals surface area contributed by atoms with E-state index in [0.717, 1.165) is 6.07 Å². The molecule has 1 fully saturated rings. The average Bonchev–Trinajstić information content (AvgIpc) is 2.62. The molecule has 6 nitrogen and oxygen atoms in total. The SMILES string of the molecule is O=C(Nc1cccc(S(=O)(=O)N2CCOCC2)c1)c1ccc(Cl)cc1F. The van der Waals surface area contributed by atoms with Crippen LogP contribution in [0.15, 0.2) is 47.4 Å². The zero-order valence-electron chi connectivity index (χ0n) is 13.6. The first-order chi connectivity index (χ1) is 12.4. The average molecular weight is 399 g/mol. The number of nitrogens with zero attached hydrogens (tertiary/aromatic N) is 1. The maximum Gasteiger partial charge on any atom is 0.258 e. The number of hydrogen-bond acceptors (Lipinski definition) is 4. The van der Waals surface area contributed by atoms with E-state index < -0.39 is 21.7 Å². The molecule has 3 rings (SSSR count). The van der Waals surface area contributed by atoms with Gasteiger partial charge in [-0.25, -0.2) is 12.8 Å². The molecule has 26 heavy (non-hydrogen) atoms. The first-order valence-electron chi connectivity index (χ1n) is 7.82. The minimum atomic E-state index is -3.69. The van der Waals surface area contributed by atoms with E-state index in [0.29, 0.717) is 13.2 Å². The first-order valence-corrected chi connectivity index (χ1v) is 9.64. The highest BCUT2D eigenvalue weighted by Crippen LogP contribution is 2.22. The van der Waals surface area contributed by atoms with Gasteiger partial charge in [-0.15, -0.1) is 0 Å². The molecule has 1 heterocycles. The van der Waals surface area contributed by atoms with Crippen molar-refractivity contribution in [2.24, 2.45) is 0 Å². The third-order valence-electron chi connectivity index (χ3n) is 3.88. The summed E-state index contributed by atoms with van der Waals surface area (Å²) in [6, 6.07) is 9.54. The van der Waals surface area contributed by atoms with Crippen LogP contribution in [-0.2, 0) is 14.8 Å². The molecule has 1 amide bonds. The van der Waals surface area contributed by atoms with Gasteiger partial charge in [-0.3, -0.25) is 4.79 Å². The monoisotopic (exact) mass is 398 g/mol. The van der Waals surface area contributed by atoms with E-state index in [4.69, 9.17) is 16.3 Å². The number of hydrogen-bond donors (Lipinski definition) is 1. The Morgan fingerprint density at radius 2 is 1.88 bits per heavy atom. The lowest BCUT2D eigenvalue weighted by atomic mass is 10.2. The smallest absolute Gasteiger partial charge is 0.258 e. The van der Waals surface area contributed by atoms with Crippen LogP contribution in [0.2, 0.25) is 5.02 Å². The van der Waals surface area contributed by atoms with Crippen molar-refractivity contribution in [1.82, 2.24) is 4.31 Å². The molecule has 0 aliphatic carbocycles. The fraction of sp³-hybridized carbons (Fsp3) is 0.235. The summed E-state index contributed by atoms with van der Waals surface area (Å²) in [5.41, 5.74) is 0.0644. The summed E-state index contributed by atoms with van der Waals surface area (Å²) in [6.45, 7) is 1.22. The lowest BCUT2D eigenvalue weighted by molar-refractivity contribution is 0.0730. The number of ether oxygens (including phenoxy) is 1. The van der Waals surface area contributed by atoms with Crippen LogP contribution >= 0.6 is 11.6 Å².